The van der Waals surface area contributed by atoms with Gasteiger partial charge in [-0.2, -0.15) is 0 Å². The van der Waals surface area contributed by atoms with E-state index in [1.165, 1.54) is 15.4 Å². The Morgan fingerprint density at radius 3 is 2.50 bits per heavy atom. The molecule has 0 heterocycles. The molecule has 0 saturated carbocycles. The van der Waals surface area contributed by atoms with Crippen LogP contribution in [0.25, 0.3) is 0 Å². The maximum Gasteiger partial charge on any atom is 0.0250 e. The maximum atomic E-state index is 5.63. The molecule has 0 aromatic heterocycles. The molecule has 0 bridgehead atoms. The van der Waals surface area contributed by atoms with Crippen molar-refractivity contribution in [3.63, 3.8) is 0 Å². The van der Waals surface area contributed by atoms with Crippen molar-refractivity contribution in [3.05, 3.63) is 23.8 Å². The first-order valence-electron chi connectivity index (χ1n) is 3.73. The number of benzene rings is 1. The smallest absolute Gasteiger partial charge is 0.0250 e. The van der Waals surface area contributed by atoms with Crippen LogP contribution < -0.4 is 5.73 Å². The van der Waals surface area contributed by atoms with Crippen LogP contribution in [0.15, 0.2) is 28.0 Å². The second-order valence-electron chi connectivity index (χ2n) is 2.36. The summed E-state index contributed by atoms with van der Waals surface area (Å²) in [6.45, 7) is 0.630. The van der Waals surface area contributed by atoms with Gasteiger partial charge in [-0.05, 0) is 24.1 Å². The minimum Gasteiger partial charge on any atom is -0.326 e. The van der Waals surface area contributed by atoms with Crippen LogP contribution in [0.3, 0.4) is 0 Å². The van der Waals surface area contributed by atoms with Gasteiger partial charge in [0.25, 0.3) is 0 Å². The highest BCUT2D eigenvalue weighted by atomic mass is 32.2. The van der Waals surface area contributed by atoms with Gasteiger partial charge in [-0.15, -0.1) is 23.5 Å². The summed E-state index contributed by atoms with van der Waals surface area (Å²) in [5.41, 5.74) is 6.87. The Kier molecular flexibility index (Phi) is 3.98. The van der Waals surface area contributed by atoms with Gasteiger partial charge < -0.3 is 5.73 Å². The highest BCUT2D eigenvalue weighted by Gasteiger charge is 2.04. The molecule has 0 atom stereocenters. The summed E-state index contributed by atoms with van der Waals surface area (Å²) in [6, 6.07) is 6.29. The third-order valence-corrected chi connectivity index (χ3v) is 3.50. The molecule has 1 nitrogen and oxygen atoms in total. The summed E-state index contributed by atoms with van der Waals surface area (Å²) in [4.78, 5) is 2.65. The summed E-state index contributed by atoms with van der Waals surface area (Å²) in [6.07, 6.45) is 4.18. The third kappa shape index (κ3) is 1.97. The van der Waals surface area contributed by atoms with E-state index in [-0.39, 0.29) is 0 Å². The second kappa shape index (κ2) is 4.80. The van der Waals surface area contributed by atoms with E-state index in [2.05, 4.69) is 30.7 Å². The standard InChI is InChI=1S/C9H13NS2/c1-11-8-5-3-4-7(6-10)9(8)12-2/h3-5H,6,10H2,1-2H3. The summed E-state index contributed by atoms with van der Waals surface area (Å²) in [5.74, 6) is 0. The zero-order valence-corrected chi connectivity index (χ0v) is 8.97. The maximum absolute atomic E-state index is 5.63. The molecule has 0 spiro atoms. The van der Waals surface area contributed by atoms with E-state index in [0.717, 1.165) is 0 Å². The predicted octanol–water partition coefficient (Wildman–Crippen LogP) is 2.59. The molecule has 0 aliphatic rings. The Hall–Kier alpha value is -0.120. The molecule has 0 amide bonds. The van der Waals surface area contributed by atoms with Gasteiger partial charge in [-0.3, -0.25) is 0 Å². The fourth-order valence-electron chi connectivity index (χ4n) is 1.11. The number of hydrogen-bond donors (Lipinski definition) is 1. The van der Waals surface area contributed by atoms with Crippen molar-refractivity contribution in [1.29, 1.82) is 0 Å². The normalized spacial score (nSPS) is 10.2. The van der Waals surface area contributed by atoms with Crippen LogP contribution in [-0.2, 0) is 6.54 Å². The zero-order valence-electron chi connectivity index (χ0n) is 7.33. The minimum atomic E-state index is 0.630. The summed E-state index contributed by atoms with van der Waals surface area (Å²) < 4.78 is 0. The first-order valence-corrected chi connectivity index (χ1v) is 6.18. The SMILES string of the molecule is CSc1cccc(CN)c1SC. The van der Waals surface area contributed by atoms with E-state index >= 15 is 0 Å². The van der Waals surface area contributed by atoms with Gasteiger partial charge in [0.1, 0.15) is 0 Å². The van der Waals surface area contributed by atoms with Crippen molar-refractivity contribution in [1.82, 2.24) is 0 Å². The molecule has 2 N–H and O–H groups in total. The Morgan fingerprint density at radius 2 is 2.00 bits per heavy atom. The molecule has 0 saturated heterocycles. The Labute approximate surface area is 82.1 Å². The van der Waals surface area contributed by atoms with Gasteiger partial charge in [0.05, 0.1) is 0 Å². The number of rotatable bonds is 3. The Morgan fingerprint density at radius 1 is 1.25 bits per heavy atom. The molecule has 3 heteroatoms. The van der Waals surface area contributed by atoms with Gasteiger partial charge in [-0.1, -0.05) is 12.1 Å². The predicted molar refractivity (Wildman–Crippen MR) is 57.9 cm³/mol. The second-order valence-corrected chi connectivity index (χ2v) is 4.02. The molecule has 1 rings (SSSR count). The van der Waals surface area contributed by atoms with Crippen molar-refractivity contribution in [3.8, 4) is 0 Å². The van der Waals surface area contributed by atoms with Crippen LogP contribution in [0.5, 0.6) is 0 Å². The average Bonchev–Trinajstić information content (AvgIpc) is 2.16. The van der Waals surface area contributed by atoms with Crippen LogP contribution in [0, 0.1) is 0 Å². The van der Waals surface area contributed by atoms with Gasteiger partial charge in [0.15, 0.2) is 0 Å². The van der Waals surface area contributed by atoms with Crippen molar-refractivity contribution < 1.29 is 0 Å². The molecular weight excluding hydrogens is 186 g/mol. The topological polar surface area (TPSA) is 26.0 Å². The van der Waals surface area contributed by atoms with Crippen molar-refractivity contribution in [2.24, 2.45) is 5.73 Å². The fourth-order valence-corrected chi connectivity index (χ4v) is 2.83. The van der Waals surface area contributed by atoms with E-state index < -0.39 is 0 Å². The lowest BCUT2D eigenvalue weighted by atomic mass is 10.2. The van der Waals surface area contributed by atoms with E-state index in [1.54, 1.807) is 23.5 Å². The van der Waals surface area contributed by atoms with Crippen LogP contribution in [0.2, 0.25) is 0 Å². The van der Waals surface area contributed by atoms with Crippen molar-refractivity contribution >= 4 is 23.5 Å². The third-order valence-electron chi connectivity index (χ3n) is 1.70. The van der Waals surface area contributed by atoms with E-state index in [0.29, 0.717) is 6.54 Å². The first kappa shape index (κ1) is 9.96. The first-order chi connectivity index (χ1) is 5.83. The van der Waals surface area contributed by atoms with E-state index in [4.69, 9.17) is 5.73 Å². The van der Waals surface area contributed by atoms with Gasteiger partial charge in [0, 0.05) is 16.3 Å². The summed E-state index contributed by atoms with van der Waals surface area (Å²) in [7, 11) is 0. The van der Waals surface area contributed by atoms with Crippen molar-refractivity contribution in [2.75, 3.05) is 12.5 Å². The molecule has 0 aliphatic heterocycles. The highest BCUT2D eigenvalue weighted by molar-refractivity contribution is 8.01. The molecule has 1 aromatic carbocycles. The molecule has 0 unspecified atom stereocenters. The van der Waals surface area contributed by atoms with Crippen LogP contribution in [0.4, 0.5) is 0 Å². The average molecular weight is 199 g/mol. The minimum absolute atomic E-state index is 0.630. The van der Waals surface area contributed by atoms with Crippen LogP contribution in [0.1, 0.15) is 5.56 Å². The molecule has 0 aliphatic carbocycles. The number of thioether (sulfide) groups is 2. The van der Waals surface area contributed by atoms with Gasteiger partial charge in [0.2, 0.25) is 0 Å². The fraction of sp³-hybridized carbons (Fsp3) is 0.333. The molecule has 12 heavy (non-hydrogen) atoms. The van der Waals surface area contributed by atoms with E-state index in [9.17, 15) is 0 Å². The van der Waals surface area contributed by atoms with Crippen LogP contribution >= 0.6 is 23.5 Å². The number of nitrogens with two attached hydrogens (primary N) is 1. The molecule has 0 fully saturated rings. The van der Waals surface area contributed by atoms with Crippen LogP contribution in [-0.4, -0.2) is 12.5 Å². The van der Waals surface area contributed by atoms with Gasteiger partial charge >= 0.3 is 0 Å². The van der Waals surface area contributed by atoms with Crippen molar-refractivity contribution in [2.45, 2.75) is 16.3 Å². The quantitative estimate of drug-likeness (QED) is 0.758. The zero-order chi connectivity index (χ0) is 8.97. The van der Waals surface area contributed by atoms with Gasteiger partial charge in [-0.25, -0.2) is 0 Å². The largest absolute Gasteiger partial charge is 0.326 e. The lowest BCUT2D eigenvalue weighted by Crippen LogP contribution is -1.98. The Balaban J connectivity index is 3.13. The molecule has 1 aromatic rings. The summed E-state index contributed by atoms with van der Waals surface area (Å²) >= 11 is 3.54. The molecule has 0 radical (unpaired) electrons. The Bertz CT molecular complexity index is 238. The molecule has 66 valence electrons. The molecular formula is C9H13NS2. The lowest BCUT2D eigenvalue weighted by Gasteiger charge is -2.08. The summed E-state index contributed by atoms with van der Waals surface area (Å²) in [5, 5.41) is 0. The highest BCUT2D eigenvalue weighted by Crippen LogP contribution is 2.30. The number of hydrogen-bond acceptors (Lipinski definition) is 3. The van der Waals surface area contributed by atoms with E-state index in [1.807, 2.05) is 0 Å². The monoisotopic (exact) mass is 199 g/mol. The lowest BCUT2D eigenvalue weighted by molar-refractivity contribution is 0.997.